The Hall–Kier alpha value is -1.37. The molecule has 18 heavy (non-hydrogen) atoms. The molecule has 0 saturated carbocycles. The maximum absolute atomic E-state index is 12.7. The molecule has 0 spiro atoms. The maximum Gasteiger partial charge on any atom is 0.123 e. The summed E-state index contributed by atoms with van der Waals surface area (Å²) < 4.78 is 12.7. The van der Waals surface area contributed by atoms with Gasteiger partial charge < -0.3 is 5.11 Å². The zero-order valence-corrected chi connectivity index (χ0v) is 10.4. The first-order valence-corrected chi connectivity index (χ1v) is 6.39. The molecular weight excluding hydrogens is 229 g/mol. The van der Waals surface area contributed by atoms with Gasteiger partial charge in [-0.1, -0.05) is 18.3 Å². The van der Waals surface area contributed by atoms with Crippen molar-refractivity contribution in [2.24, 2.45) is 0 Å². The van der Waals surface area contributed by atoms with Crippen molar-refractivity contribution in [2.75, 3.05) is 19.7 Å². The summed E-state index contributed by atoms with van der Waals surface area (Å²) in [6, 6.07) is 6.45. The number of hydrogen-bond donors (Lipinski definition) is 1. The first-order chi connectivity index (χ1) is 8.79. The summed E-state index contributed by atoms with van der Waals surface area (Å²) in [5.74, 6) is 5.88. The maximum atomic E-state index is 12.7. The summed E-state index contributed by atoms with van der Waals surface area (Å²) in [5.41, 5.74) is 0.828. The average molecular weight is 247 g/mol. The molecule has 1 fully saturated rings. The van der Waals surface area contributed by atoms with E-state index in [0.29, 0.717) is 6.54 Å². The highest BCUT2D eigenvalue weighted by Gasteiger charge is 2.20. The molecular formula is C15H18FNO. The van der Waals surface area contributed by atoms with Gasteiger partial charge in [0.2, 0.25) is 0 Å². The number of aliphatic hydroxyl groups is 1. The van der Waals surface area contributed by atoms with Gasteiger partial charge in [0.05, 0.1) is 13.2 Å². The van der Waals surface area contributed by atoms with Crippen LogP contribution in [-0.4, -0.2) is 35.7 Å². The molecule has 0 aliphatic carbocycles. The highest BCUT2D eigenvalue weighted by molar-refractivity contribution is 5.34. The number of rotatable bonds is 2. The van der Waals surface area contributed by atoms with E-state index in [1.807, 2.05) is 0 Å². The van der Waals surface area contributed by atoms with E-state index in [4.69, 9.17) is 0 Å². The number of aliphatic hydroxyl groups excluding tert-OH is 1. The molecule has 1 N–H and O–H groups in total. The molecule has 1 aliphatic heterocycles. The molecule has 2 rings (SSSR count). The van der Waals surface area contributed by atoms with Crippen molar-refractivity contribution in [3.63, 3.8) is 0 Å². The summed E-state index contributed by atoms with van der Waals surface area (Å²) in [7, 11) is 0. The molecule has 0 unspecified atom stereocenters. The molecule has 1 aromatic rings. The molecule has 0 amide bonds. The van der Waals surface area contributed by atoms with Crippen LogP contribution in [0, 0.1) is 17.7 Å². The van der Waals surface area contributed by atoms with E-state index in [2.05, 4.69) is 16.7 Å². The van der Waals surface area contributed by atoms with Crippen molar-refractivity contribution in [2.45, 2.75) is 25.3 Å². The largest absolute Gasteiger partial charge is 0.395 e. The minimum atomic E-state index is -0.239. The second-order valence-corrected chi connectivity index (χ2v) is 4.61. The van der Waals surface area contributed by atoms with Crippen LogP contribution in [0.4, 0.5) is 4.39 Å². The van der Waals surface area contributed by atoms with Crippen LogP contribution in [0.3, 0.4) is 0 Å². The predicted octanol–water partition coefficient (Wildman–Crippen LogP) is 2.02. The zero-order chi connectivity index (χ0) is 12.8. The van der Waals surface area contributed by atoms with Gasteiger partial charge in [0, 0.05) is 11.6 Å². The summed E-state index contributed by atoms with van der Waals surface area (Å²) in [6.07, 6.45) is 3.41. The number of hydrogen-bond acceptors (Lipinski definition) is 2. The third-order valence-corrected chi connectivity index (χ3v) is 3.32. The normalized spacial score (nSPS) is 20.2. The predicted molar refractivity (Wildman–Crippen MR) is 69.6 cm³/mol. The van der Waals surface area contributed by atoms with Crippen molar-refractivity contribution >= 4 is 0 Å². The standard InChI is InChI=1S/C15H18FNO/c16-14-8-6-13(7-9-14)4-3-11-17-10-2-1-5-15(17)12-18/h6-9,15,18H,1-2,5,10-12H2/t15-/m1/s1. The van der Waals surface area contributed by atoms with Gasteiger partial charge in [-0.3, -0.25) is 4.90 Å². The van der Waals surface area contributed by atoms with Crippen LogP contribution in [0.2, 0.25) is 0 Å². The lowest BCUT2D eigenvalue weighted by molar-refractivity contribution is 0.103. The Bertz CT molecular complexity index is 432. The molecule has 0 aromatic heterocycles. The van der Waals surface area contributed by atoms with Gasteiger partial charge in [0.25, 0.3) is 0 Å². The van der Waals surface area contributed by atoms with E-state index in [1.165, 1.54) is 25.0 Å². The minimum Gasteiger partial charge on any atom is -0.395 e. The van der Waals surface area contributed by atoms with E-state index in [1.54, 1.807) is 12.1 Å². The Morgan fingerprint density at radius 1 is 1.28 bits per heavy atom. The van der Waals surface area contributed by atoms with Gasteiger partial charge in [-0.05, 0) is 43.7 Å². The first-order valence-electron chi connectivity index (χ1n) is 6.39. The fraction of sp³-hybridized carbons (Fsp3) is 0.467. The average Bonchev–Trinajstić information content (AvgIpc) is 2.41. The van der Waals surface area contributed by atoms with Gasteiger partial charge in [-0.15, -0.1) is 0 Å². The number of benzene rings is 1. The minimum absolute atomic E-state index is 0.207. The smallest absolute Gasteiger partial charge is 0.123 e. The zero-order valence-electron chi connectivity index (χ0n) is 10.4. The topological polar surface area (TPSA) is 23.5 Å². The number of piperidine rings is 1. The lowest BCUT2D eigenvalue weighted by Gasteiger charge is -2.32. The quantitative estimate of drug-likeness (QED) is 0.808. The van der Waals surface area contributed by atoms with E-state index in [-0.39, 0.29) is 18.5 Å². The molecule has 1 aromatic carbocycles. The monoisotopic (exact) mass is 247 g/mol. The lowest BCUT2D eigenvalue weighted by atomic mass is 10.0. The Morgan fingerprint density at radius 2 is 2.06 bits per heavy atom. The molecule has 0 radical (unpaired) electrons. The van der Waals surface area contributed by atoms with Crippen molar-refractivity contribution in [3.05, 3.63) is 35.6 Å². The van der Waals surface area contributed by atoms with Gasteiger partial charge in [0.15, 0.2) is 0 Å². The Balaban J connectivity index is 1.92. The van der Waals surface area contributed by atoms with Gasteiger partial charge in [-0.2, -0.15) is 0 Å². The van der Waals surface area contributed by atoms with E-state index < -0.39 is 0 Å². The van der Waals surface area contributed by atoms with E-state index in [0.717, 1.165) is 18.5 Å². The molecule has 3 heteroatoms. The third-order valence-electron chi connectivity index (χ3n) is 3.32. The summed E-state index contributed by atoms with van der Waals surface area (Å²) in [6.45, 7) is 1.88. The summed E-state index contributed by atoms with van der Waals surface area (Å²) in [5, 5.41) is 9.28. The highest BCUT2D eigenvalue weighted by atomic mass is 19.1. The van der Waals surface area contributed by atoms with Crippen LogP contribution in [-0.2, 0) is 0 Å². The Kier molecular flexibility index (Phi) is 4.74. The van der Waals surface area contributed by atoms with Crippen LogP contribution in [0.25, 0.3) is 0 Å². The molecule has 96 valence electrons. The van der Waals surface area contributed by atoms with Crippen molar-refractivity contribution in [1.29, 1.82) is 0 Å². The molecule has 1 saturated heterocycles. The van der Waals surface area contributed by atoms with Crippen LogP contribution < -0.4 is 0 Å². The third kappa shape index (κ3) is 3.56. The summed E-state index contributed by atoms with van der Waals surface area (Å²) in [4.78, 5) is 2.22. The van der Waals surface area contributed by atoms with Crippen LogP contribution in [0.1, 0.15) is 24.8 Å². The molecule has 0 bridgehead atoms. The Labute approximate surface area is 107 Å². The van der Waals surface area contributed by atoms with E-state index >= 15 is 0 Å². The lowest BCUT2D eigenvalue weighted by Crippen LogP contribution is -2.41. The Morgan fingerprint density at radius 3 is 2.78 bits per heavy atom. The number of nitrogens with zero attached hydrogens (tertiary/aromatic N) is 1. The van der Waals surface area contributed by atoms with Gasteiger partial charge in [-0.25, -0.2) is 4.39 Å². The molecule has 1 aliphatic rings. The fourth-order valence-electron chi connectivity index (χ4n) is 2.25. The number of halogens is 1. The van der Waals surface area contributed by atoms with E-state index in [9.17, 15) is 9.50 Å². The van der Waals surface area contributed by atoms with Crippen molar-refractivity contribution < 1.29 is 9.50 Å². The number of likely N-dealkylation sites (tertiary alicyclic amines) is 1. The second kappa shape index (κ2) is 6.53. The van der Waals surface area contributed by atoms with Crippen LogP contribution in [0.5, 0.6) is 0 Å². The van der Waals surface area contributed by atoms with Crippen LogP contribution >= 0.6 is 0 Å². The fourth-order valence-corrected chi connectivity index (χ4v) is 2.25. The van der Waals surface area contributed by atoms with Crippen molar-refractivity contribution in [1.82, 2.24) is 4.90 Å². The SMILES string of the molecule is OC[C@H]1CCCCN1CC#Cc1ccc(F)cc1. The summed E-state index contributed by atoms with van der Waals surface area (Å²) >= 11 is 0. The van der Waals surface area contributed by atoms with Crippen LogP contribution in [0.15, 0.2) is 24.3 Å². The highest BCUT2D eigenvalue weighted by Crippen LogP contribution is 2.15. The molecule has 1 heterocycles. The molecule has 1 atom stereocenters. The van der Waals surface area contributed by atoms with Gasteiger partial charge >= 0.3 is 0 Å². The van der Waals surface area contributed by atoms with Crippen molar-refractivity contribution in [3.8, 4) is 11.8 Å². The molecule has 2 nitrogen and oxygen atoms in total. The van der Waals surface area contributed by atoms with Gasteiger partial charge in [0.1, 0.15) is 5.82 Å². The first kappa shape index (κ1) is 13.1. The second-order valence-electron chi connectivity index (χ2n) is 4.61.